The lowest BCUT2D eigenvalue weighted by molar-refractivity contribution is -0.137. The van der Waals surface area contributed by atoms with Crippen molar-refractivity contribution in [3.63, 3.8) is 0 Å². The van der Waals surface area contributed by atoms with Crippen LogP contribution in [0.2, 0.25) is 5.02 Å². The molecule has 0 fully saturated rings. The van der Waals surface area contributed by atoms with Crippen LogP contribution in [-0.2, 0) is 11.3 Å². The second-order valence-corrected chi connectivity index (χ2v) is 4.70. The molecule has 7 nitrogen and oxygen atoms in total. The van der Waals surface area contributed by atoms with Gasteiger partial charge in [-0.05, 0) is 12.5 Å². The van der Waals surface area contributed by atoms with Crippen molar-refractivity contribution in [1.82, 2.24) is 15.0 Å². The molecule has 1 heterocycles. The summed E-state index contributed by atoms with van der Waals surface area (Å²) in [5.74, 6) is -2.14. The number of nitrogens with zero attached hydrogens (tertiary/aromatic N) is 3. The van der Waals surface area contributed by atoms with Crippen LogP contribution >= 0.6 is 11.6 Å². The van der Waals surface area contributed by atoms with Crippen molar-refractivity contribution in [2.24, 2.45) is 0 Å². The van der Waals surface area contributed by atoms with E-state index in [9.17, 15) is 14.7 Å². The maximum absolute atomic E-state index is 11.2. The highest BCUT2D eigenvalue weighted by Gasteiger charge is 2.22. The maximum Gasteiger partial charge on any atom is 0.358 e. The number of carboxylic acids is 2. The van der Waals surface area contributed by atoms with E-state index in [1.165, 1.54) is 4.68 Å². The molecule has 0 amide bonds. The number of carboxylic acid groups (broad SMARTS) is 2. The van der Waals surface area contributed by atoms with Crippen LogP contribution in [0, 0.1) is 0 Å². The van der Waals surface area contributed by atoms with Gasteiger partial charge in [0, 0.05) is 18.5 Å². The molecule has 0 spiro atoms. The first-order chi connectivity index (χ1) is 10.0. The molecule has 2 aromatic rings. The van der Waals surface area contributed by atoms with E-state index in [1.807, 2.05) is 0 Å². The normalized spacial score (nSPS) is 10.5. The van der Waals surface area contributed by atoms with Crippen molar-refractivity contribution in [2.75, 3.05) is 0 Å². The average molecular weight is 310 g/mol. The highest BCUT2D eigenvalue weighted by Crippen LogP contribution is 2.29. The van der Waals surface area contributed by atoms with Gasteiger partial charge in [-0.3, -0.25) is 4.79 Å². The van der Waals surface area contributed by atoms with Gasteiger partial charge < -0.3 is 10.2 Å². The first-order valence-corrected chi connectivity index (χ1v) is 6.52. The summed E-state index contributed by atoms with van der Waals surface area (Å²) in [7, 11) is 0. The zero-order valence-electron chi connectivity index (χ0n) is 10.9. The van der Waals surface area contributed by atoms with Crippen LogP contribution in [0.5, 0.6) is 0 Å². The number of benzene rings is 1. The summed E-state index contributed by atoms with van der Waals surface area (Å²) in [5, 5.41) is 25.6. The topological polar surface area (TPSA) is 105 Å². The Bertz CT molecular complexity index is 684. The van der Waals surface area contributed by atoms with Crippen LogP contribution in [0.15, 0.2) is 24.3 Å². The van der Waals surface area contributed by atoms with Crippen LogP contribution in [-0.4, -0.2) is 37.1 Å². The van der Waals surface area contributed by atoms with Gasteiger partial charge in [0.15, 0.2) is 5.69 Å². The molecule has 0 radical (unpaired) electrons. The summed E-state index contributed by atoms with van der Waals surface area (Å²) >= 11 is 6.09. The fourth-order valence-corrected chi connectivity index (χ4v) is 2.14. The molecule has 0 aliphatic heterocycles. The van der Waals surface area contributed by atoms with Gasteiger partial charge in [0.1, 0.15) is 5.69 Å². The Morgan fingerprint density at radius 3 is 2.57 bits per heavy atom. The lowest BCUT2D eigenvalue weighted by Crippen LogP contribution is -2.07. The smallest absolute Gasteiger partial charge is 0.358 e. The van der Waals surface area contributed by atoms with Crippen molar-refractivity contribution in [1.29, 1.82) is 0 Å². The molecule has 2 rings (SSSR count). The highest BCUT2D eigenvalue weighted by molar-refractivity contribution is 6.33. The second-order valence-electron chi connectivity index (χ2n) is 4.29. The van der Waals surface area contributed by atoms with Gasteiger partial charge in [-0.2, -0.15) is 0 Å². The summed E-state index contributed by atoms with van der Waals surface area (Å²) in [6, 6.07) is 6.75. The average Bonchev–Trinajstić information content (AvgIpc) is 2.83. The van der Waals surface area contributed by atoms with Gasteiger partial charge >= 0.3 is 11.9 Å². The third-order valence-corrected chi connectivity index (χ3v) is 3.16. The Kier molecular flexibility index (Phi) is 4.54. The van der Waals surface area contributed by atoms with E-state index in [0.717, 1.165) is 0 Å². The lowest BCUT2D eigenvalue weighted by atomic mass is 10.1. The van der Waals surface area contributed by atoms with E-state index in [1.54, 1.807) is 24.3 Å². The highest BCUT2D eigenvalue weighted by atomic mass is 35.5. The van der Waals surface area contributed by atoms with Crippen LogP contribution < -0.4 is 0 Å². The number of hydrogen-bond acceptors (Lipinski definition) is 4. The van der Waals surface area contributed by atoms with Gasteiger partial charge in [0.2, 0.25) is 0 Å². The number of aromatic nitrogens is 3. The SMILES string of the molecule is O=C(O)CCCn1nnc(C(=O)O)c1-c1ccccc1Cl. The molecule has 0 atom stereocenters. The lowest BCUT2D eigenvalue weighted by Gasteiger charge is -2.08. The molecular weight excluding hydrogens is 298 g/mol. The van der Waals surface area contributed by atoms with E-state index >= 15 is 0 Å². The van der Waals surface area contributed by atoms with Crippen molar-refractivity contribution >= 4 is 23.5 Å². The van der Waals surface area contributed by atoms with Gasteiger partial charge in [-0.15, -0.1) is 5.10 Å². The predicted octanol–water partition coefficient (Wildman–Crippen LogP) is 2.16. The predicted molar refractivity (Wildman–Crippen MR) is 74.3 cm³/mol. The van der Waals surface area contributed by atoms with Crippen molar-refractivity contribution in [2.45, 2.75) is 19.4 Å². The van der Waals surface area contributed by atoms with Crippen molar-refractivity contribution in [3.8, 4) is 11.3 Å². The molecule has 8 heteroatoms. The molecule has 0 saturated heterocycles. The Balaban J connectivity index is 2.41. The van der Waals surface area contributed by atoms with E-state index in [-0.39, 0.29) is 24.4 Å². The Labute approximate surface area is 124 Å². The summed E-state index contributed by atoms with van der Waals surface area (Å²) in [5.41, 5.74) is 0.564. The summed E-state index contributed by atoms with van der Waals surface area (Å²) < 4.78 is 1.37. The molecule has 21 heavy (non-hydrogen) atoms. The summed E-state index contributed by atoms with van der Waals surface area (Å²) in [4.78, 5) is 21.8. The van der Waals surface area contributed by atoms with Gasteiger partial charge in [0.05, 0.1) is 5.02 Å². The number of hydrogen-bond donors (Lipinski definition) is 2. The molecular formula is C13H12ClN3O4. The number of rotatable bonds is 6. The molecule has 0 saturated carbocycles. The van der Waals surface area contributed by atoms with Gasteiger partial charge in [-0.1, -0.05) is 35.0 Å². The molecule has 2 N–H and O–H groups in total. The van der Waals surface area contributed by atoms with Crippen molar-refractivity contribution in [3.05, 3.63) is 35.0 Å². The van der Waals surface area contributed by atoms with Crippen LogP contribution in [0.4, 0.5) is 0 Å². The minimum absolute atomic E-state index is 0.0375. The number of carbonyl (C=O) groups is 2. The Hall–Kier alpha value is -2.41. The monoisotopic (exact) mass is 309 g/mol. The zero-order chi connectivity index (χ0) is 15.4. The fraction of sp³-hybridized carbons (Fsp3) is 0.231. The zero-order valence-corrected chi connectivity index (χ0v) is 11.6. The van der Waals surface area contributed by atoms with E-state index in [0.29, 0.717) is 17.0 Å². The molecule has 110 valence electrons. The summed E-state index contributed by atoms with van der Waals surface area (Å²) in [6.07, 6.45) is 0.277. The quantitative estimate of drug-likeness (QED) is 0.847. The number of aliphatic carboxylic acids is 1. The van der Waals surface area contributed by atoms with Crippen LogP contribution in [0.1, 0.15) is 23.3 Å². The summed E-state index contributed by atoms with van der Waals surface area (Å²) in [6.45, 7) is 0.243. The fourth-order valence-electron chi connectivity index (χ4n) is 1.91. The molecule has 0 aliphatic rings. The molecule has 1 aromatic heterocycles. The number of aromatic carboxylic acids is 1. The van der Waals surface area contributed by atoms with E-state index in [2.05, 4.69) is 10.3 Å². The minimum atomic E-state index is -1.21. The minimum Gasteiger partial charge on any atom is -0.481 e. The third kappa shape index (κ3) is 3.38. The van der Waals surface area contributed by atoms with Crippen LogP contribution in [0.3, 0.4) is 0 Å². The first kappa shape index (κ1) is 15.0. The van der Waals surface area contributed by atoms with E-state index < -0.39 is 11.9 Å². The molecule has 0 bridgehead atoms. The second kappa shape index (κ2) is 6.36. The Morgan fingerprint density at radius 2 is 1.95 bits per heavy atom. The third-order valence-electron chi connectivity index (χ3n) is 2.83. The largest absolute Gasteiger partial charge is 0.481 e. The molecule has 0 unspecified atom stereocenters. The maximum atomic E-state index is 11.2. The molecule has 1 aromatic carbocycles. The first-order valence-electron chi connectivity index (χ1n) is 6.14. The van der Waals surface area contributed by atoms with Gasteiger partial charge in [0.25, 0.3) is 0 Å². The Morgan fingerprint density at radius 1 is 1.24 bits per heavy atom. The molecule has 0 aliphatic carbocycles. The standard InChI is InChI=1S/C13H12ClN3O4/c14-9-5-2-1-4-8(9)12-11(13(20)21)15-16-17(12)7-3-6-10(18)19/h1-2,4-5H,3,6-7H2,(H,18,19)(H,20,21). The van der Waals surface area contributed by atoms with Crippen molar-refractivity contribution < 1.29 is 19.8 Å². The van der Waals surface area contributed by atoms with E-state index in [4.69, 9.17) is 16.7 Å². The number of aryl methyl sites for hydroxylation is 1. The van der Waals surface area contributed by atoms with Gasteiger partial charge in [-0.25, -0.2) is 9.48 Å². The number of halogens is 1. The van der Waals surface area contributed by atoms with Crippen LogP contribution in [0.25, 0.3) is 11.3 Å².